The molecule has 182 valence electrons. The van der Waals surface area contributed by atoms with E-state index in [-0.39, 0.29) is 23.5 Å². The number of likely N-dealkylation sites (tertiary alicyclic amines) is 1. The van der Waals surface area contributed by atoms with E-state index in [2.05, 4.69) is 15.2 Å². The molecule has 5 rings (SSSR count). The van der Waals surface area contributed by atoms with Gasteiger partial charge < -0.3 is 15.1 Å². The monoisotopic (exact) mass is 476 g/mol. The van der Waals surface area contributed by atoms with Crippen molar-refractivity contribution >= 4 is 17.4 Å². The van der Waals surface area contributed by atoms with Gasteiger partial charge in [0.05, 0.1) is 11.7 Å². The van der Waals surface area contributed by atoms with E-state index in [9.17, 15) is 13.6 Å². The topological polar surface area (TPSA) is 48.5 Å². The smallest absolute Gasteiger partial charge is 0.250 e. The molecule has 2 aliphatic rings. The first kappa shape index (κ1) is 23.3. The van der Waals surface area contributed by atoms with Crippen molar-refractivity contribution in [2.45, 2.75) is 44.2 Å². The third-order valence-electron chi connectivity index (χ3n) is 7.00. The Hall–Kier alpha value is -3.48. The number of nitrogens with zero attached hydrogens (tertiary/aromatic N) is 3. The van der Waals surface area contributed by atoms with Crippen molar-refractivity contribution in [2.75, 3.05) is 29.9 Å². The third-order valence-corrected chi connectivity index (χ3v) is 7.00. The molecular weight excluding hydrogens is 446 g/mol. The Morgan fingerprint density at radius 3 is 2.34 bits per heavy atom. The van der Waals surface area contributed by atoms with Crippen LogP contribution in [0.2, 0.25) is 0 Å². The van der Waals surface area contributed by atoms with E-state index in [1.54, 1.807) is 47.5 Å². The number of amides is 1. The van der Waals surface area contributed by atoms with Crippen LogP contribution < -0.4 is 10.2 Å². The first-order valence-electron chi connectivity index (χ1n) is 12.4. The van der Waals surface area contributed by atoms with Crippen molar-refractivity contribution in [2.24, 2.45) is 0 Å². The highest BCUT2D eigenvalue weighted by atomic mass is 19.1. The number of carbonyl (C=O) groups excluding carboxylic acids is 1. The van der Waals surface area contributed by atoms with Crippen LogP contribution in [0.3, 0.4) is 0 Å². The Bertz CT molecular complexity index is 1160. The maximum atomic E-state index is 14.6. The highest BCUT2D eigenvalue weighted by molar-refractivity contribution is 5.87. The van der Waals surface area contributed by atoms with Crippen molar-refractivity contribution < 1.29 is 13.6 Å². The van der Waals surface area contributed by atoms with Gasteiger partial charge in [-0.2, -0.15) is 0 Å². The maximum absolute atomic E-state index is 14.6. The molecule has 0 spiro atoms. The van der Waals surface area contributed by atoms with Crippen LogP contribution in [0.15, 0.2) is 66.9 Å². The molecular formula is C28H30F2N4O. The summed E-state index contributed by atoms with van der Waals surface area (Å²) < 4.78 is 29.2. The largest absolute Gasteiger partial charge is 0.368 e. The fourth-order valence-electron chi connectivity index (χ4n) is 5.16. The number of pyridine rings is 1. The van der Waals surface area contributed by atoms with E-state index in [1.807, 2.05) is 12.1 Å². The van der Waals surface area contributed by atoms with Gasteiger partial charge in [-0.15, -0.1) is 0 Å². The average molecular weight is 477 g/mol. The van der Waals surface area contributed by atoms with E-state index in [0.717, 1.165) is 38.2 Å². The van der Waals surface area contributed by atoms with Crippen LogP contribution in [0.25, 0.3) is 0 Å². The van der Waals surface area contributed by atoms with Crippen LogP contribution in [0.5, 0.6) is 0 Å². The number of hydrogen-bond donors (Lipinski definition) is 1. The number of nitrogens with one attached hydrogen (secondary N) is 1. The zero-order chi connectivity index (χ0) is 24.2. The van der Waals surface area contributed by atoms with Gasteiger partial charge in [-0.25, -0.2) is 13.8 Å². The summed E-state index contributed by atoms with van der Waals surface area (Å²) in [4.78, 5) is 22.5. The molecule has 3 aromatic rings. The molecule has 1 N–H and O–H groups in total. The van der Waals surface area contributed by atoms with Crippen LogP contribution in [0, 0.1) is 11.6 Å². The Balaban J connectivity index is 1.45. The number of piperidine rings is 1. The fourth-order valence-corrected chi connectivity index (χ4v) is 5.16. The minimum atomic E-state index is -0.845. The minimum Gasteiger partial charge on any atom is -0.368 e. The molecule has 0 radical (unpaired) electrons. The number of para-hydroxylation sites is 1. The molecule has 1 amide bonds. The van der Waals surface area contributed by atoms with E-state index >= 15 is 0 Å². The lowest BCUT2D eigenvalue weighted by atomic mass is 10.0. The number of anilines is 2. The number of hydrogen-bond acceptors (Lipinski definition) is 4. The van der Waals surface area contributed by atoms with Gasteiger partial charge >= 0.3 is 0 Å². The molecule has 2 aliphatic heterocycles. The molecule has 0 aliphatic carbocycles. The first-order chi connectivity index (χ1) is 17.1. The third kappa shape index (κ3) is 4.99. The average Bonchev–Trinajstić information content (AvgIpc) is 3.39. The summed E-state index contributed by atoms with van der Waals surface area (Å²) in [6, 6.07) is 15.5. The lowest BCUT2D eigenvalue weighted by Crippen LogP contribution is -2.38. The Morgan fingerprint density at radius 2 is 1.63 bits per heavy atom. The molecule has 35 heavy (non-hydrogen) atoms. The molecule has 3 heterocycles. The lowest BCUT2D eigenvalue weighted by Gasteiger charge is -2.31. The quantitative estimate of drug-likeness (QED) is 0.484. The molecule has 0 bridgehead atoms. The second kappa shape index (κ2) is 10.4. The number of benzene rings is 2. The molecule has 2 aromatic carbocycles. The van der Waals surface area contributed by atoms with Crippen molar-refractivity contribution in [3.05, 3.63) is 89.6 Å². The van der Waals surface area contributed by atoms with Crippen LogP contribution in [0.4, 0.5) is 20.3 Å². The zero-order valence-corrected chi connectivity index (χ0v) is 19.7. The van der Waals surface area contributed by atoms with Gasteiger partial charge in [0.2, 0.25) is 5.91 Å². The normalized spacial score (nSPS) is 19.0. The second-order valence-electron chi connectivity index (χ2n) is 9.27. The molecule has 2 saturated heterocycles. The van der Waals surface area contributed by atoms with Gasteiger partial charge in [0.25, 0.3) is 0 Å². The lowest BCUT2D eigenvalue weighted by molar-refractivity contribution is -0.133. The van der Waals surface area contributed by atoms with Crippen molar-refractivity contribution in [1.82, 2.24) is 9.88 Å². The first-order valence-corrected chi connectivity index (χ1v) is 12.4. The summed E-state index contributed by atoms with van der Waals surface area (Å²) in [5.41, 5.74) is 1.41. The van der Waals surface area contributed by atoms with Gasteiger partial charge in [0.15, 0.2) is 0 Å². The Morgan fingerprint density at radius 1 is 0.886 bits per heavy atom. The maximum Gasteiger partial charge on any atom is 0.250 e. The van der Waals surface area contributed by atoms with Crippen LogP contribution in [-0.2, 0) is 4.79 Å². The van der Waals surface area contributed by atoms with Crippen molar-refractivity contribution in [1.29, 1.82) is 0 Å². The van der Waals surface area contributed by atoms with E-state index < -0.39 is 11.9 Å². The molecule has 5 nitrogen and oxygen atoms in total. The van der Waals surface area contributed by atoms with Gasteiger partial charge in [0, 0.05) is 37.0 Å². The second-order valence-corrected chi connectivity index (χ2v) is 9.27. The number of aromatic nitrogens is 1. The Kier molecular flexibility index (Phi) is 6.93. The molecule has 0 saturated carbocycles. The summed E-state index contributed by atoms with van der Waals surface area (Å²) in [5.74, 6) is -0.0823. The molecule has 1 aromatic heterocycles. The molecule has 7 heteroatoms. The summed E-state index contributed by atoms with van der Waals surface area (Å²) in [5, 5.41) is 3.11. The predicted molar refractivity (Wildman–Crippen MR) is 133 cm³/mol. The predicted octanol–water partition coefficient (Wildman–Crippen LogP) is 5.87. The summed E-state index contributed by atoms with van der Waals surface area (Å²) in [6.07, 6.45) is 6.69. The molecule has 2 fully saturated rings. The van der Waals surface area contributed by atoms with Crippen molar-refractivity contribution in [3.63, 3.8) is 0 Å². The Labute approximate surface area is 204 Å². The van der Waals surface area contributed by atoms with E-state index in [4.69, 9.17) is 0 Å². The molecule has 2 unspecified atom stereocenters. The standard InChI is InChI=1S/C28H30F2N4O/c29-22-10-3-2-9-21(22)25-13-8-18-34(25)28(35)27(32-24-12-5-4-11-23(24)30)20-14-15-26(31-19-20)33-16-6-1-7-17-33/h2-5,9-12,14-15,19,25,27,32H,1,6-8,13,16-18H2. The van der Waals surface area contributed by atoms with Gasteiger partial charge in [-0.05, 0) is 56.4 Å². The van der Waals surface area contributed by atoms with Gasteiger partial charge in [-0.3, -0.25) is 4.79 Å². The van der Waals surface area contributed by atoms with E-state index in [1.165, 1.54) is 18.6 Å². The van der Waals surface area contributed by atoms with E-state index in [0.29, 0.717) is 24.1 Å². The van der Waals surface area contributed by atoms with Gasteiger partial charge in [-0.1, -0.05) is 36.4 Å². The van der Waals surface area contributed by atoms with Crippen LogP contribution in [-0.4, -0.2) is 35.4 Å². The van der Waals surface area contributed by atoms with Crippen LogP contribution >= 0.6 is 0 Å². The minimum absolute atomic E-state index is 0.216. The molecule has 2 atom stereocenters. The number of rotatable bonds is 6. The summed E-state index contributed by atoms with van der Waals surface area (Å²) in [7, 11) is 0. The number of halogens is 2. The highest BCUT2D eigenvalue weighted by Crippen LogP contribution is 2.36. The zero-order valence-electron chi connectivity index (χ0n) is 19.7. The number of carbonyl (C=O) groups is 1. The summed E-state index contributed by atoms with van der Waals surface area (Å²) >= 11 is 0. The summed E-state index contributed by atoms with van der Waals surface area (Å²) in [6.45, 7) is 2.47. The van der Waals surface area contributed by atoms with Gasteiger partial charge in [0.1, 0.15) is 23.5 Å². The SMILES string of the molecule is O=C(C(Nc1ccccc1F)c1ccc(N2CCCCC2)nc1)N1CCCC1c1ccccc1F. The van der Waals surface area contributed by atoms with Crippen LogP contribution in [0.1, 0.15) is 55.3 Å². The van der Waals surface area contributed by atoms with Crippen molar-refractivity contribution in [3.8, 4) is 0 Å². The fraction of sp³-hybridized carbons (Fsp3) is 0.357. The highest BCUT2D eigenvalue weighted by Gasteiger charge is 2.36.